The largest absolute Gasteiger partial charge is 0.278 e. The molecule has 0 aliphatic carbocycles. The highest BCUT2D eigenvalue weighted by Gasteiger charge is 2.07. The number of rotatable bonds is 2. The third-order valence-electron chi connectivity index (χ3n) is 3.89. The highest BCUT2D eigenvalue weighted by atomic mass is 15.0. The topological polar surface area (TPSA) is 3.88 Å². The maximum atomic E-state index is 3.35. The van der Waals surface area contributed by atoms with Crippen LogP contribution in [0.4, 0.5) is 0 Å². The lowest BCUT2D eigenvalue weighted by Gasteiger charge is -2.12. The van der Waals surface area contributed by atoms with E-state index < -0.39 is 0 Å². The minimum absolute atomic E-state index is 0.549. The van der Waals surface area contributed by atoms with Crippen LogP contribution >= 0.6 is 0 Å². The Morgan fingerprint density at radius 1 is 0.905 bits per heavy atom. The normalized spacial score (nSPS) is 11.3. The third kappa shape index (κ3) is 2.69. The van der Waals surface area contributed by atoms with Gasteiger partial charge in [0.15, 0.2) is 6.20 Å². The van der Waals surface area contributed by atoms with Crippen LogP contribution in [0.15, 0.2) is 48.5 Å². The van der Waals surface area contributed by atoms with Gasteiger partial charge in [0, 0.05) is 0 Å². The number of nitrogens with zero attached hydrogens (tertiary/aromatic N) is 1. The Labute approximate surface area is 126 Å². The summed E-state index contributed by atoms with van der Waals surface area (Å²) in [5, 5.41) is 1.26. The average molecular weight is 275 g/mol. The molecule has 1 heteroatoms. The summed E-state index contributed by atoms with van der Waals surface area (Å²) in [6.45, 7) is 8.74. The zero-order valence-electron chi connectivity index (χ0n) is 13.1. The second kappa shape index (κ2) is 5.33. The van der Waals surface area contributed by atoms with Crippen LogP contribution in [0.2, 0.25) is 0 Å². The first-order valence-electron chi connectivity index (χ1n) is 7.49. The number of aryl methyl sites for hydroxylation is 2. The van der Waals surface area contributed by atoms with Crippen molar-refractivity contribution in [2.75, 3.05) is 0 Å². The molecule has 0 aliphatic heterocycles. The molecule has 0 N–H and O–H groups in total. The summed E-state index contributed by atoms with van der Waals surface area (Å²) in [7, 11) is 0. The molecule has 0 saturated carbocycles. The quantitative estimate of drug-likeness (QED) is 0.473. The third-order valence-corrected chi connectivity index (χ3v) is 3.89. The van der Waals surface area contributed by atoms with Gasteiger partial charge in [0.2, 0.25) is 0 Å². The van der Waals surface area contributed by atoms with Crippen LogP contribution in [-0.2, 0) is 0 Å². The van der Waals surface area contributed by atoms with Crippen LogP contribution < -0.4 is 4.57 Å². The Balaban J connectivity index is 2.23. The van der Waals surface area contributed by atoms with E-state index in [9.17, 15) is 0 Å². The molecule has 0 amide bonds. The summed E-state index contributed by atoms with van der Waals surface area (Å²) in [4.78, 5) is 0. The highest BCUT2D eigenvalue weighted by Crippen LogP contribution is 2.20. The van der Waals surface area contributed by atoms with Crippen molar-refractivity contribution in [2.45, 2.75) is 33.6 Å². The first-order valence-corrected chi connectivity index (χ1v) is 7.49. The molecule has 0 fully saturated rings. The van der Waals surface area contributed by atoms with Crippen LogP contribution in [0, 0.1) is 20.0 Å². The van der Waals surface area contributed by atoms with Gasteiger partial charge in [-0.2, -0.15) is 0 Å². The fraction of sp³-hybridized carbons (Fsp3) is 0.250. The van der Waals surface area contributed by atoms with E-state index in [0.29, 0.717) is 5.92 Å². The van der Waals surface area contributed by atoms with E-state index in [1.807, 2.05) is 6.07 Å². The van der Waals surface area contributed by atoms with Gasteiger partial charge in [-0.05, 0) is 48.9 Å². The molecular weight excluding hydrogens is 254 g/mol. The van der Waals surface area contributed by atoms with Crippen molar-refractivity contribution in [1.29, 1.82) is 0 Å². The second-order valence-electron chi connectivity index (χ2n) is 6.12. The van der Waals surface area contributed by atoms with E-state index in [1.54, 1.807) is 0 Å². The Kier molecular flexibility index (Phi) is 3.50. The lowest BCUT2D eigenvalue weighted by Crippen LogP contribution is -2.31. The predicted molar refractivity (Wildman–Crippen MR) is 87.9 cm³/mol. The molecule has 0 radical (unpaired) electrons. The summed E-state index contributed by atoms with van der Waals surface area (Å²) in [6, 6.07) is 17.5. The molecular formula is C20H21N. The molecule has 0 aliphatic rings. The lowest BCUT2D eigenvalue weighted by atomic mass is 10.0. The zero-order valence-corrected chi connectivity index (χ0v) is 13.1. The molecule has 106 valence electrons. The lowest BCUT2D eigenvalue weighted by molar-refractivity contribution is -0.571. The molecule has 0 saturated heterocycles. The average Bonchev–Trinajstić information content (AvgIpc) is 2.45. The van der Waals surface area contributed by atoms with Gasteiger partial charge in [-0.3, -0.25) is 4.57 Å². The molecule has 21 heavy (non-hydrogen) atoms. The van der Waals surface area contributed by atoms with Crippen molar-refractivity contribution < 1.29 is 4.57 Å². The smallest absolute Gasteiger partial charge is 0.152 e. The number of hydrogen-bond acceptors (Lipinski definition) is 0. The number of benzene rings is 2. The highest BCUT2D eigenvalue weighted by molar-refractivity contribution is 5.76. The van der Waals surface area contributed by atoms with Gasteiger partial charge < -0.3 is 0 Å². The molecule has 0 bridgehead atoms. The molecule has 1 nitrogen and oxygen atoms in total. The standard InChI is InChI=1S/C20H21N/c1-14(2)17-7-8-20-18(13-17)6-5-9-21(20)19-11-15(3)10-16(4)12-19/h5-8,10-14H,1-4H3. The molecule has 0 spiro atoms. The van der Waals surface area contributed by atoms with Gasteiger partial charge in [0.05, 0.1) is 0 Å². The maximum Gasteiger partial charge on any atom is 0.152 e. The van der Waals surface area contributed by atoms with E-state index >= 15 is 0 Å². The first-order chi connectivity index (χ1) is 10.0. The van der Waals surface area contributed by atoms with Crippen molar-refractivity contribution in [2.24, 2.45) is 0 Å². The van der Waals surface area contributed by atoms with Gasteiger partial charge >= 0.3 is 0 Å². The molecule has 2 aromatic carbocycles. The monoisotopic (exact) mass is 275 g/mol. The molecule has 1 heterocycles. The van der Waals surface area contributed by atoms with Crippen molar-refractivity contribution in [3.8, 4) is 5.69 Å². The van der Waals surface area contributed by atoms with Crippen molar-refractivity contribution in [3.05, 3.63) is 71.4 Å². The minimum atomic E-state index is 0.549. The van der Waals surface area contributed by atoms with Gasteiger partial charge in [0.1, 0.15) is 11.2 Å². The molecule has 1 aromatic heterocycles. The van der Waals surface area contributed by atoms with Gasteiger partial charge in [-0.25, -0.2) is 0 Å². The molecule has 0 atom stereocenters. The van der Waals surface area contributed by atoms with E-state index in [1.165, 1.54) is 33.3 Å². The van der Waals surface area contributed by atoms with Crippen LogP contribution in [0.3, 0.4) is 0 Å². The SMILES string of the molecule is Cc1cc(C)cc(-[n+]2[c-]ccc3cc(C(C)C)ccc32)c1. The summed E-state index contributed by atoms with van der Waals surface area (Å²) < 4.78 is 2.15. The Morgan fingerprint density at radius 2 is 1.62 bits per heavy atom. The Bertz CT molecular complexity index is 780. The number of fused-ring (bicyclic) bond motifs is 1. The van der Waals surface area contributed by atoms with Gasteiger partial charge in [0.25, 0.3) is 0 Å². The fourth-order valence-corrected chi connectivity index (χ4v) is 2.83. The summed E-state index contributed by atoms with van der Waals surface area (Å²) in [6.07, 6.45) is 3.35. The fourth-order valence-electron chi connectivity index (χ4n) is 2.83. The summed E-state index contributed by atoms with van der Waals surface area (Å²) in [5.41, 5.74) is 6.31. The van der Waals surface area contributed by atoms with Crippen LogP contribution in [0.25, 0.3) is 16.6 Å². The second-order valence-corrected chi connectivity index (χ2v) is 6.12. The van der Waals surface area contributed by atoms with Gasteiger partial charge in [-0.1, -0.05) is 49.2 Å². The van der Waals surface area contributed by atoms with E-state index in [0.717, 1.165) is 0 Å². The Morgan fingerprint density at radius 3 is 2.29 bits per heavy atom. The van der Waals surface area contributed by atoms with Crippen LogP contribution in [0.5, 0.6) is 0 Å². The van der Waals surface area contributed by atoms with Crippen molar-refractivity contribution >= 4 is 10.9 Å². The van der Waals surface area contributed by atoms with Crippen LogP contribution in [0.1, 0.15) is 36.5 Å². The van der Waals surface area contributed by atoms with Gasteiger partial charge in [-0.15, -0.1) is 6.07 Å². The molecule has 3 aromatic rings. The Hall–Kier alpha value is -2.15. The summed E-state index contributed by atoms with van der Waals surface area (Å²) >= 11 is 0. The van der Waals surface area contributed by atoms with E-state index in [2.05, 4.69) is 80.9 Å². The molecule has 0 unspecified atom stereocenters. The van der Waals surface area contributed by atoms with Crippen molar-refractivity contribution in [3.63, 3.8) is 0 Å². The van der Waals surface area contributed by atoms with E-state index in [-0.39, 0.29) is 0 Å². The zero-order chi connectivity index (χ0) is 15.0. The van der Waals surface area contributed by atoms with E-state index in [4.69, 9.17) is 0 Å². The maximum absolute atomic E-state index is 3.35. The predicted octanol–water partition coefficient (Wildman–Crippen LogP) is 4.66. The number of pyridine rings is 1. The van der Waals surface area contributed by atoms with Crippen molar-refractivity contribution in [1.82, 2.24) is 0 Å². The van der Waals surface area contributed by atoms with Crippen LogP contribution in [-0.4, -0.2) is 0 Å². The summed E-state index contributed by atoms with van der Waals surface area (Å²) in [5.74, 6) is 0.549. The first kappa shape index (κ1) is 13.8. The number of hydrogen-bond donors (Lipinski definition) is 0. The number of aromatic nitrogens is 1. The minimum Gasteiger partial charge on any atom is -0.278 e. The molecule has 3 rings (SSSR count).